The van der Waals surface area contributed by atoms with Gasteiger partial charge in [-0.25, -0.2) is 4.98 Å². The van der Waals surface area contributed by atoms with Gasteiger partial charge in [0.1, 0.15) is 5.15 Å². The monoisotopic (exact) mass is 445 g/mol. The van der Waals surface area contributed by atoms with Crippen LogP contribution in [0, 0.1) is 11.3 Å². The highest BCUT2D eigenvalue weighted by Gasteiger charge is 2.23. The van der Waals surface area contributed by atoms with Gasteiger partial charge in [-0.1, -0.05) is 57.5 Å². The van der Waals surface area contributed by atoms with Crippen molar-refractivity contribution < 1.29 is 9.53 Å². The number of rotatable bonds is 8. The Labute approximate surface area is 191 Å². The van der Waals surface area contributed by atoms with Crippen molar-refractivity contribution in [1.29, 1.82) is 0 Å². The molecule has 0 aliphatic carbocycles. The third-order valence-corrected chi connectivity index (χ3v) is 6.07. The highest BCUT2D eigenvalue weighted by atomic mass is 35.5. The quantitative estimate of drug-likeness (QED) is 0.535. The molecule has 2 aromatic rings. The number of amides is 1. The van der Waals surface area contributed by atoms with Crippen LogP contribution in [0.5, 0.6) is 0 Å². The molecule has 1 saturated heterocycles. The molecule has 2 heterocycles. The van der Waals surface area contributed by atoms with E-state index in [1.54, 1.807) is 0 Å². The summed E-state index contributed by atoms with van der Waals surface area (Å²) in [5, 5.41) is 1.52. The lowest BCUT2D eigenvalue weighted by Crippen LogP contribution is -2.43. The van der Waals surface area contributed by atoms with Gasteiger partial charge in [0.05, 0.1) is 18.7 Å². The van der Waals surface area contributed by atoms with Crippen molar-refractivity contribution in [2.75, 3.05) is 39.4 Å². The van der Waals surface area contributed by atoms with E-state index >= 15 is 0 Å². The molecule has 3 rings (SSSR count). The maximum Gasteiger partial charge on any atom is 0.223 e. The minimum Gasteiger partial charge on any atom is -0.379 e. The van der Waals surface area contributed by atoms with E-state index in [0.29, 0.717) is 30.6 Å². The Balaban J connectivity index is 1.74. The molecule has 0 radical (unpaired) electrons. The second-order valence-corrected chi connectivity index (χ2v) is 10.3. The highest BCUT2D eigenvalue weighted by Crippen LogP contribution is 2.27. The second kappa shape index (κ2) is 10.8. The van der Waals surface area contributed by atoms with E-state index in [9.17, 15) is 4.79 Å². The zero-order chi connectivity index (χ0) is 22.4. The zero-order valence-corrected chi connectivity index (χ0v) is 20.1. The van der Waals surface area contributed by atoms with Gasteiger partial charge >= 0.3 is 0 Å². The average Bonchev–Trinajstić information content (AvgIpc) is 2.70. The normalized spacial score (nSPS) is 16.4. The Morgan fingerprint density at radius 2 is 1.97 bits per heavy atom. The summed E-state index contributed by atoms with van der Waals surface area (Å²) in [4.78, 5) is 22.2. The summed E-state index contributed by atoms with van der Waals surface area (Å²) >= 11 is 6.52. The first kappa shape index (κ1) is 24.0. The lowest BCUT2D eigenvalue weighted by atomic mass is 9.84. The number of benzene rings is 1. The maximum absolute atomic E-state index is 13.3. The van der Waals surface area contributed by atoms with Crippen molar-refractivity contribution in [1.82, 2.24) is 14.8 Å². The lowest BCUT2D eigenvalue weighted by Gasteiger charge is -2.31. The van der Waals surface area contributed by atoms with E-state index in [-0.39, 0.29) is 11.3 Å². The first-order valence-corrected chi connectivity index (χ1v) is 11.7. The van der Waals surface area contributed by atoms with Crippen molar-refractivity contribution in [3.8, 4) is 0 Å². The zero-order valence-electron chi connectivity index (χ0n) is 19.4. The fourth-order valence-corrected chi connectivity index (χ4v) is 4.58. The van der Waals surface area contributed by atoms with Crippen LogP contribution in [-0.4, -0.2) is 60.1 Å². The van der Waals surface area contributed by atoms with Crippen LogP contribution in [0.3, 0.4) is 0 Å². The Morgan fingerprint density at radius 1 is 1.26 bits per heavy atom. The summed E-state index contributed by atoms with van der Waals surface area (Å²) in [6.45, 7) is 14.2. The topological polar surface area (TPSA) is 45.7 Å². The van der Waals surface area contributed by atoms with Crippen LogP contribution in [0.4, 0.5) is 0 Å². The van der Waals surface area contributed by atoms with Crippen LogP contribution in [-0.2, 0) is 16.1 Å². The van der Waals surface area contributed by atoms with Gasteiger partial charge in [0.15, 0.2) is 0 Å². The van der Waals surface area contributed by atoms with Gasteiger partial charge in [-0.15, -0.1) is 0 Å². The molecule has 0 saturated carbocycles. The molecule has 0 bridgehead atoms. The fraction of sp³-hybridized carbons (Fsp3) is 0.600. The van der Waals surface area contributed by atoms with Gasteiger partial charge in [0.25, 0.3) is 0 Å². The highest BCUT2D eigenvalue weighted by molar-refractivity contribution is 6.30. The van der Waals surface area contributed by atoms with Crippen LogP contribution in [0.15, 0.2) is 30.3 Å². The second-order valence-electron chi connectivity index (χ2n) is 9.97. The molecule has 0 N–H and O–H groups in total. The Hall–Kier alpha value is -1.69. The number of hydrogen-bond donors (Lipinski definition) is 0. The number of ether oxygens (including phenoxy) is 1. The van der Waals surface area contributed by atoms with Gasteiger partial charge in [0.2, 0.25) is 5.91 Å². The van der Waals surface area contributed by atoms with E-state index in [2.05, 4.69) is 43.6 Å². The number of aromatic nitrogens is 1. The molecule has 1 unspecified atom stereocenters. The molecule has 1 fully saturated rings. The molecule has 5 nitrogen and oxygen atoms in total. The third-order valence-electron chi connectivity index (χ3n) is 5.74. The SMILES string of the molecule is CC(CC(=O)N(CCN1CCOCC1)Cc1cc2ccccc2nc1Cl)CC(C)(C)C. The molecule has 1 aliphatic rings. The molecule has 170 valence electrons. The molecule has 6 heteroatoms. The van der Waals surface area contributed by atoms with Gasteiger partial charge in [0, 0.05) is 50.1 Å². The first-order chi connectivity index (χ1) is 14.7. The predicted molar refractivity (Wildman–Crippen MR) is 127 cm³/mol. The lowest BCUT2D eigenvalue weighted by molar-refractivity contribution is -0.133. The van der Waals surface area contributed by atoms with Crippen LogP contribution >= 0.6 is 11.6 Å². The number of carbonyl (C=O) groups is 1. The number of pyridine rings is 1. The van der Waals surface area contributed by atoms with Crippen molar-refractivity contribution in [2.24, 2.45) is 11.3 Å². The summed E-state index contributed by atoms with van der Waals surface area (Å²) in [5.74, 6) is 0.526. The van der Waals surface area contributed by atoms with Crippen molar-refractivity contribution in [3.63, 3.8) is 0 Å². The predicted octanol–water partition coefficient (Wildman–Crippen LogP) is 5.01. The molecule has 1 amide bonds. The summed E-state index contributed by atoms with van der Waals surface area (Å²) in [6.07, 6.45) is 1.58. The molecule has 0 spiro atoms. The minimum atomic E-state index is 0.189. The first-order valence-electron chi connectivity index (χ1n) is 11.3. The number of hydrogen-bond acceptors (Lipinski definition) is 4. The number of carbonyl (C=O) groups excluding carboxylic acids is 1. The molecule has 31 heavy (non-hydrogen) atoms. The van der Waals surface area contributed by atoms with E-state index in [1.807, 2.05) is 29.2 Å². The van der Waals surface area contributed by atoms with Gasteiger partial charge in [-0.2, -0.15) is 0 Å². The molecule has 1 atom stereocenters. The number of fused-ring (bicyclic) bond motifs is 1. The Bertz CT molecular complexity index is 875. The largest absolute Gasteiger partial charge is 0.379 e. The molecule has 1 aliphatic heterocycles. The van der Waals surface area contributed by atoms with Crippen LogP contribution in [0.25, 0.3) is 10.9 Å². The van der Waals surface area contributed by atoms with Crippen LogP contribution in [0.2, 0.25) is 5.15 Å². The van der Waals surface area contributed by atoms with Crippen molar-refractivity contribution in [2.45, 2.75) is 47.1 Å². The number of halogens is 1. The molecule has 1 aromatic heterocycles. The standard InChI is InChI=1S/C25H36ClN3O2/c1-19(17-25(2,3)4)15-23(30)29(10-9-28-11-13-31-14-12-28)18-21-16-20-7-5-6-8-22(20)27-24(21)26/h5-8,16,19H,9-15,17-18H2,1-4H3. The van der Waals surface area contributed by atoms with E-state index in [0.717, 1.165) is 55.7 Å². The number of para-hydroxylation sites is 1. The minimum absolute atomic E-state index is 0.189. The Kier molecular flexibility index (Phi) is 8.31. The Morgan fingerprint density at radius 3 is 2.68 bits per heavy atom. The van der Waals surface area contributed by atoms with Gasteiger partial charge < -0.3 is 9.64 Å². The van der Waals surface area contributed by atoms with Crippen LogP contribution < -0.4 is 0 Å². The van der Waals surface area contributed by atoms with Gasteiger partial charge in [-0.3, -0.25) is 9.69 Å². The van der Waals surface area contributed by atoms with E-state index < -0.39 is 0 Å². The summed E-state index contributed by atoms with van der Waals surface area (Å²) in [6, 6.07) is 10.0. The van der Waals surface area contributed by atoms with Crippen molar-refractivity contribution in [3.05, 3.63) is 41.0 Å². The summed E-state index contributed by atoms with van der Waals surface area (Å²) < 4.78 is 5.46. The smallest absolute Gasteiger partial charge is 0.223 e. The number of nitrogens with zero attached hydrogens (tertiary/aromatic N) is 3. The van der Waals surface area contributed by atoms with E-state index in [1.165, 1.54) is 0 Å². The summed E-state index contributed by atoms with van der Waals surface area (Å²) in [5.41, 5.74) is 1.99. The molecule has 1 aromatic carbocycles. The maximum atomic E-state index is 13.3. The molecular formula is C25H36ClN3O2. The number of morpholine rings is 1. The average molecular weight is 446 g/mol. The van der Waals surface area contributed by atoms with Crippen LogP contribution in [0.1, 0.15) is 46.1 Å². The molecular weight excluding hydrogens is 410 g/mol. The summed E-state index contributed by atoms with van der Waals surface area (Å²) in [7, 11) is 0. The fourth-order valence-electron chi connectivity index (χ4n) is 4.38. The third kappa shape index (κ3) is 7.44. The van der Waals surface area contributed by atoms with Gasteiger partial charge in [-0.05, 0) is 29.9 Å². The van der Waals surface area contributed by atoms with E-state index in [4.69, 9.17) is 16.3 Å². The van der Waals surface area contributed by atoms with Crippen molar-refractivity contribution >= 4 is 28.4 Å².